The van der Waals surface area contributed by atoms with Gasteiger partial charge in [0.2, 0.25) is 5.72 Å². The van der Waals surface area contributed by atoms with Crippen LogP contribution in [0.5, 0.6) is 0 Å². The molecule has 0 aliphatic carbocycles. The molecule has 2 heterocycles. The number of nitrogens with zero attached hydrogens (tertiary/aromatic N) is 1. The second-order valence-corrected chi connectivity index (χ2v) is 4.07. The molecule has 0 saturated carbocycles. The summed E-state index contributed by atoms with van der Waals surface area (Å²) >= 11 is 0. The van der Waals surface area contributed by atoms with Crippen molar-refractivity contribution in [3.8, 4) is 0 Å². The number of rotatable bonds is 1. The first-order valence-corrected chi connectivity index (χ1v) is 5.38. The molecule has 18 heavy (non-hydrogen) atoms. The molecule has 90 valence electrons. The van der Waals surface area contributed by atoms with Gasteiger partial charge in [0.05, 0.1) is 11.9 Å². The number of fused-ring (bicyclic) bond motifs is 1. The van der Waals surface area contributed by atoms with Crippen LogP contribution in [0.1, 0.15) is 21.6 Å². The van der Waals surface area contributed by atoms with Gasteiger partial charge in [-0.3, -0.25) is 9.78 Å². The Kier molecular flexibility index (Phi) is 2.18. The van der Waals surface area contributed by atoms with Crippen molar-refractivity contribution in [1.82, 2.24) is 10.3 Å². The molecule has 0 radical (unpaired) electrons. The van der Waals surface area contributed by atoms with Gasteiger partial charge in [-0.1, -0.05) is 18.2 Å². The zero-order valence-electron chi connectivity index (χ0n) is 9.22. The van der Waals surface area contributed by atoms with Crippen molar-refractivity contribution in [3.05, 3.63) is 65.2 Å². The van der Waals surface area contributed by atoms with Crippen LogP contribution in [0, 0.1) is 5.82 Å². The number of halogens is 1. The van der Waals surface area contributed by atoms with Gasteiger partial charge < -0.3 is 10.4 Å². The van der Waals surface area contributed by atoms with Crippen molar-refractivity contribution in [1.29, 1.82) is 0 Å². The predicted molar refractivity (Wildman–Crippen MR) is 61.1 cm³/mol. The summed E-state index contributed by atoms with van der Waals surface area (Å²) < 4.78 is 12.8. The van der Waals surface area contributed by atoms with Crippen molar-refractivity contribution in [2.24, 2.45) is 0 Å². The zero-order valence-corrected chi connectivity index (χ0v) is 9.22. The van der Waals surface area contributed by atoms with Gasteiger partial charge in [-0.2, -0.15) is 0 Å². The largest absolute Gasteiger partial charge is 0.362 e. The van der Waals surface area contributed by atoms with E-state index in [1.54, 1.807) is 24.3 Å². The number of aliphatic hydroxyl groups is 1. The Hall–Kier alpha value is -2.27. The maximum atomic E-state index is 12.8. The van der Waals surface area contributed by atoms with E-state index in [4.69, 9.17) is 0 Å². The standard InChI is InChI=1S/C13H9FN2O2/c14-8-5-6-11(15-7-8)13(18)10-4-2-1-3-9(10)12(17)16-13/h1-7,18H,(H,16,17). The van der Waals surface area contributed by atoms with Crippen LogP contribution >= 0.6 is 0 Å². The van der Waals surface area contributed by atoms with E-state index in [1.165, 1.54) is 12.1 Å². The molecule has 1 atom stereocenters. The number of hydrogen-bond donors (Lipinski definition) is 2. The Labute approximate surface area is 102 Å². The Bertz CT molecular complexity index is 627. The number of carbonyl (C=O) groups is 1. The number of amides is 1. The lowest BCUT2D eigenvalue weighted by Gasteiger charge is -2.22. The Morgan fingerprint density at radius 3 is 2.72 bits per heavy atom. The van der Waals surface area contributed by atoms with Crippen molar-refractivity contribution in [2.45, 2.75) is 5.72 Å². The number of nitrogens with one attached hydrogen (secondary N) is 1. The van der Waals surface area contributed by atoms with E-state index in [-0.39, 0.29) is 11.6 Å². The van der Waals surface area contributed by atoms with Crippen LogP contribution in [-0.4, -0.2) is 16.0 Å². The molecule has 0 fully saturated rings. The van der Waals surface area contributed by atoms with Crippen LogP contribution in [0.2, 0.25) is 0 Å². The van der Waals surface area contributed by atoms with Crippen molar-refractivity contribution < 1.29 is 14.3 Å². The number of pyridine rings is 1. The highest BCUT2D eigenvalue weighted by atomic mass is 19.1. The first-order valence-electron chi connectivity index (χ1n) is 5.38. The molecule has 3 rings (SSSR count). The molecule has 1 aliphatic rings. The summed E-state index contributed by atoms with van der Waals surface area (Å²) in [7, 11) is 0. The molecular formula is C13H9FN2O2. The van der Waals surface area contributed by atoms with Crippen LogP contribution in [0.25, 0.3) is 0 Å². The van der Waals surface area contributed by atoms with E-state index in [9.17, 15) is 14.3 Å². The fourth-order valence-corrected chi connectivity index (χ4v) is 2.09. The molecule has 4 nitrogen and oxygen atoms in total. The minimum atomic E-state index is -1.69. The van der Waals surface area contributed by atoms with Gasteiger partial charge in [0, 0.05) is 11.1 Å². The fraction of sp³-hybridized carbons (Fsp3) is 0.0769. The lowest BCUT2D eigenvalue weighted by Crippen LogP contribution is -2.40. The summed E-state index contributed by atoms with van der Waals surface area (Å²) in [6, 6.07) is 9.21. The van der Waals surface area contributed by atoms with E-state index in [0.717, 1.165) is 6.20 Å². The van der Waals surface area contributed by atoms with Crippen LogP contribution in [0.15, 0.2) is 42.6 Å². The number of carbonyl (C=O) groups excluding carboxylic acids is 1. The Morgan fingerprint density at radius 2 is 2.00 bits per heavy atom. The van der Waals surface area contributed by atoms with Gasteiger partial charge in [0.25, 0.3) is 5.91 Å². The maximum absolute atomic E-state index is 12.8. The number of benzene rings is 1. The van der Waals surface area contributed by atoms with Crippen LogP contribution in [0.3, 0.4) is 0 Å². The number of hydrogen-bond acceptors (Lipinski definition) is 3. The highest BCUT2D eigenvalue weighted by molar-refractivity contribution is 6.00. The molecule has 0 bridgehead atoms. The summed E-state index contributed by atoms with van der Waals surface area (Å²) in [4.78, 5) is 15.6. The summed E-state index contributed by atoms with van der Waals surface area (Å²) in [5.41, 5.74) is -0.691. The SMILES string of the molecule is O=C1NC(O)(c2ccc(F)cn2)c2ccccc21. The molecule has 2 N–H and O–H groups in total. The fourth-order valence-electron chi connectivity index (χ4n) is 2.09. The van der Waals surface area contributed by atoms with E-state index < -0.39 is 11.5 Å². The molecule has 5 heteroatoms. The van der Waals surface area contributed by atoms with Crippen LogP contribution in [-0.2, 0) is 5.72 Å². The highest BCUT2D eigenvalue weighted by Gasteiger charge is 2.43. The quantitative estimate of drug-likeness (QED) is 0.791. The van der Waals surface area contributed by atoms with Crippen molar-refractivity contribution >= 4 is 5.91 Å². The smallest absolute Gasteiger partial charge is 0.254 e. The van der Waals surface area contributed by atoms with E-state index in [2.05, 4.69) is 10.3 Å². The third-order valence-electron chi connectivity index (χ3n) is 2.95. The van der Waals surface area contributed by atoms with Crippen molar-refractivity contribution in [2.75, 3.05) is 0 Å². The van der Waals surface area contributed by atoms with Gasteiger partial charge in [-0.05, 0) is 18.2 Å². The van der Waals surface area contributed by atoms with Crippen LogP contribution in [0.4, 0.5) is 4.39 Å². The average molecular weight is 244 g/mol. The lowest BCUT2D eigenvalue weighted by molar-refractivity contribution is 0.0444. The highest BCUT2D eigenvalue weighted by Crippen LogP contribution is 2.33. The summed E-state index contributed by atoms with van der Waals surface area (Å²) in [6.45, 7) is 0. The first kappa shape index (κ1) is 10.9. The molecule has 0 saturated heterocycles. The zero-order chi connectivity index (χ0) is 12.8. The molecule has 2 aromatic rings. The minimum Gasteiger partial charge on any atom is -0.362 e. The second-order valence-electron chi connectivity index (χ2n) is 4.07. The topological polar surface area (TPSA) is 62.2 Å². The molecule has 1 aliphatic heterocycles. The van der Waals surface area contributed by atoms with Crippen molar-refractivity contribution in [3.63, 3.8) is 0 Å². The van der Waals surface area contributed by atoms with Gasteiger partial charge in [0.1, 0.15) is 5.82 Å². The average Bonchev–Trinajstić information content (AvgIpc) is 2.64. The van der Waals surface area contributed by atoms with E-state index >= 15 is 0 Å². The van der Waals surface area contributed by atoms with Gasteiger partial charge in [-0.25, -0.2) is 4.39 Å². The molecular weight excluding hydrogens is 235 g/mol. The maximum Gasteiger partial charge on any atom is 0.254 e. The third-order valence-corrected chi connectivity index (χ3v) is 2.95. The molecule has 1 unspecified atom stereocenters. The first-order chi connectivity index (χ1) is 8.61. The third kappa shape index (κ3) is 1.41. The summed E-state index contributed by atoms with van der Waals surface area (Å²) in [5, 5.41) is 13.0. The van der Waals surface area contributed by atoms with Gasteiger partial charge in [-0.15, -0.1) is 0 Å². The monoisotopic (exact) mass is 244 g/mol. The molecule has 0 spiro atoms. The number of aromatic nitrogens is 1. The minimum absolute atomic E-state index is 0.183. The second kappa shape index (κ2) is 3.61. The summed E-state index contributed by atoms with van der Waals surface area (Å²) in [6.07, 6.45) is 1.00. The summed E-state index contributed by atoms with van der Waals surface area (Å²) in [5.74, 6) is -0.876. The predicted octanol–water partition coefficient (Wildman–Crippen LogP) is 1.16. The molecule has 1 aromatic heterocycles. The normalized spacial score (nSPS) is 21.6. The Balaban J connectivity index is 2.17. The van der Waals surface area contributed by atoms with Gasteiger partial charge >= 0.3 is 0 Å². The van der Waals surface area contributed by atoms with Gasteiger partial charge in [0.15, 0.2) is 0 Å². The van der Waals surface area contributed by atoms with E-state index in [0.29, 0.717) is 11.1 Å². The Morgan fingerprint density at radius 1 is 1.22 bits per heavy atom. The lowest BCUT2D eigenvalue weighted by atomic mass is 9.98. The van der Waals surface area contributed by atoms with E-state index in [1.807, 2.05) is 0 Å². The molecule has 1 amide bonds. The van der Waals surface area contributed by atoms with Crippen LogP contribution < -0.4 is 5.32 Å². The molecule has 1 aromatic carbocycles.